The second-order valence-electron chi connectivity index (χ2n) is 15.6. The van der Waals surface area contributed by atoms with E-state index in [4.69, 9.17) is 25.8 Å². The van der Waals surface area contributed by atoms with E-state index in [9.17, 15) is 19.5 Å². The van der Waals surface area contributed by atoms with Gasteiger partial charge in [-0.15, -0.1) is 0 Å². The van der Waals surface area contributed by atoms with Crippen molar-refractivity contribution in [2.45, 2.75) is 72.9 Å². The highest BCUT2D eigenvalue weighted by Crippen LogP contribution is 2.38. The maximum atomic E-state index is 13.1. The van der Waals surface area contributed by atoms with Gasteiger partial charge in [0.15, 0.2) is 11.5 Å². The Morgan fingerprint density at radius 1 is 0.800 bits per heavy atom. The van der Waals surface area contributed by atoms with Gasteiger partial charge >= 0.3 is 6.09 Å². The molecular formula is C42H50ClN5O7. The second kappa shape index (κ2) is 15.4. The minimum Gasteiger partial charge on any atom is -0.495 e. The Morgan fingerprint density at radius 2 is 1.27 bits per heavy atom. The average molecular weight is 772 g/mol. The smallest absolute Gasteiger partial charge is 0.408 e. The van der Waals surface area contributed by atoms with Gasteiger partial charge in [0.05, 0.1) is 58.0 Å². The van der Waals surface area contributed by atoms with E-state index in [0.717, 1.165) is 32.8 Å². The van der Waals surface area contributed by atoms with E-state index >= 15 is 0 Å². The van der Waals surface area contributed by atoms with Crippen molar-refractivity contribution >= 4 is 61.0 Å². The number of ether oxygens (including phenoxy) is 3. The summed E-state index contributed by atoms with van der Waals surface area (Å²) in [6, 6.07) is 11.0. The largest absolute Gasteiger partial charge is 0.495 e. The maximum Gasteiger partial charge on any atom is 0.408 e. The van der Waals surface area contributed by atoms with Gasteiger partial charge in [-0.05, 0) is 84.2 Å². The fraction of sp³-hybridized carbons (Fsp3) is 0.405. The minimum atomic E-state index is -0.993. The molecule has 0 bridgehead atoms. The molecule has 6 aromatic rings. The van der Waals surface area contributed by atoms with E-state index < -0.39 is 17.2 Å². The Kier molecular flexibility index (Phi) is 11.4. The molecule has 0 aliphatic heterocycles. The molecule has 292 valence electrons. The number of hydrogen-bond donors (Lipinski definition) is 1. The van der Waals surface area contributed by atoms with Crippen molar-refractivity contribution in [3.05, 3.63) is 85.9 Å². The molecule has 0 fully saturated rings. The van der Waals surface area contributed by atoms with Crippen LogP contribution in [-0.2, 0) is 14.1 Å². The highest BCUT2D eigenvalue weighted by atomic mass is 35.5. The third-order valence-corrected chi connectivity index (χ3v) is 10.3. The summed E-state index contributed by atoms with van der Waals surface area (Å²) in [5.41, 5.74) is 1.24. The van der Waals surface area contributed by atoms with Crippen LogP contribution in [0.15, 0.2) is 58.4 Å². The quantitative estimate of drug-likeness (QED) is 0.151. The molecule has 2 aromatic carbocycles. The zero-order valence-electron chi connectivity index (χ0n) is 33.6. The summed E-state index contributed by atoms with van der Waals surface area (Å²) in [4.78, 5) is 47.9. The lowest BCUT2D eigenvalue weighted by molar-refractivity contribution is -0.0112. The molecule has 0 spiro atoms. The standard InChI is InChI=1S/C27H37N3O5.C15H13ClN2O2/c1-16(2)14-27(7,30(25(32)33)26(4,5)6)15-35-22-13-20-19(12-21(22)34-9)18-10-11-28-17(3)23(18)24(31)29(20)8;1-8-14-9(4-5-17-8)10-6-13(20-3)11(16)7-12(10)18(2)15(14)19/h10-13,16H,14-15H2,1-9H3,(H,32,33);4-7H,1-3H3. The Morgan fingerprint density at radius 3 is 1.71 bits per heavy atom. The fourth-order valence-corrected chi connectivity index (χ4v) is 8.07. The normalized spacial score (nSPS) is 12.8. The molecule has 1 amide bonds. The third-order valence-electron chi connectivity index (χ3n) is 9.96. The number of carboxylic acid groups (broad SMARTS) is 1. The van der Waals surface area contributed by atoms with E-state index in [1.807, 2.05) is 65.8 Å². The van der Waals surface area contributed by atoms with Gasteiger partial charge in [0.25, 0.3) is 11.1 Å². The molecule has 4 aromatic heterocycles. The molecule has 6 rings (SSSR count). The van der Waals surface area contributed by atoms with Gasteiger partial charge in [-0.1, -0.05) is 25.4 Å². The number of fused-ring (bicyclic) bond motifs is 6. The number of aromatic nitrogens is 4. The van der Waals surface area contributed by atoms with Crippen molar-refractivity contribution in [2.75, 3.05) is 20.8 Å². The lowest BCUT2D eigenvalue weighted by Crippen LogP contribution is -2.61. The Balaban J connectivity index is 0.000000244. The van der Waals surface area contributed by atoms with Crippen LogP contribution in [0.25, 0.3) is 43.4 Å². The van der Waals surface area contributed by atoms with Crippen LogP contribution in [0.1, 0.15) is 59.4 Å². The van der Waals surface area contributed by atoms with Crippen molar-refractivity contribution in [1.82, 2.24) is 24.0 Å². The number of rotatable bonds is 8. The van der Waals surface area contributed by atoms with Crippen LogP contribution < -0.4 is 25.3 Å². The molecule has 55 heavy (non-hydrogen) atoms. The summed E-state index contributed by atoms with van der Waals surface area (Å²) in [7, 11) is 6.60. The lowest BCUT2D eigenvalue weighted by Gasteiger charge is -2.47. The maximum absolute atomic E-state index is 13.1. The van der Waals surface area contributed by atoms with Crippen LogP contribution in [-0.4, -0.2) is 67.1 Å². The first-order chi connectivity index (χ1) is 25.7. The van der Waals surface area contributed by atoms with Crippen molar-refractivity contribution in [3.8, 4) is 17.2 Å². The number of benzene rings is 2. The molecule has 0 aliphatic carbocycles. The number of nitrogens with zero attached hydrogens (tertiary/aromatic N) is 5. The molecular weight excluding hydrogens is 722 g/mol. The van der Waals surface area contributed by atoms with Gasteiger partial charge < -0.3 is 28.5 Å². The monoisotopic (exact) mass is 771 g/mol. The summed E-state index contributed by atoms with van der Waals surface area (Å²) in [6.07, 6.45) is 3.02. The number of carbonyl (C=O) groups is 1. The van der Waals surface area contributed by atoms with E-state index in [2.05, 4.69) is 23.8 Å². The summed E-state index contributed by atoms with van der Waals surface area (Å²) >= 11 is 6.16. The molecule has 13 heteroatoms. The molecule has 0 saturated carbocycles. The van der Waals surface area contributed by atoms with Crippen molar-refractivity contribution in [3.63, 3.8) is 0 Å². The highest BCUT2D eigenvalue weighted by molar-refractivity contribution is 6.33. The molecule has 0 saturated heterocycles. The number of hydrogen-bond acceptors (Lipinski definition) is 8. The lowest BCUT2D eigenvalue weighted by atomic mass is 9.86. The van der Waals surface area contributed by atoms with Crippen molar-refractivity contribution in [2.24, 2.45) is 20.0 Å². The number of amides is 1. The van der Waals surface area contributed by atoms with Gasteiger partial charge in [-0.2, -0.15) is 0 Å². The van der Waals surface area contributed by atoms with Crippen molar-refractivity contribution in [1.29, 1.82) is 0 Å². The fourth-order valence-electron chi connectivity index (χ4n) is 7.84. The SMILES string of the molecule is COc1cc2c3ccnc(C)c3c(=O)n(C)c2cc1Cl.COc1cc2c3ccnc(C)c3c(=O)n(C)c2cc1OCC(C)(CC(C)C)N(C(=O)O)C(C)(C)C. The summed E-state index contributed by atoms with van der Waals surface area (Å²) < 4.78 is 20.4. The predicted molar refractivity (Wildman–Crippen MR) is 220 cm³/mol. The number of halogens is 1. The topological polar surface area (TPSA) is 138 Å². The van der Waals surface area contributed by atoms with Crippen LogP contribution in [0.5, 0.6) is 17.2 Å². The number of aryl methyl sites for hydroxylation is 4. The zero-order chi connectivity index (χ0) is 40.7. The summed E-state index contributed by atoms with van der Waals surface area (Å²) in [6.45, 7) is 15.5. The first-order valence-corrected chi connectivity index (χ1v) is 18.4. The summed E-state index contributed by atoms with van der Waals surface area (Å²) in [5.74, 6) is 1.80. The zero-order valence-corrected chi connectivity index (χ0v) is 34.4. The predicted octanol–water partition coefficient (Wildman–Crippen LogP) is 8.42. The van der Waals surface area contributed by atoms with Crippen LogP contribution >= 0.6 is 11.6 Å². The second-order valence-corrected chi connectivity index (χ2v) is 16.0. The van der Waals surface area contributed by atoms with Crippen molar-refractivity contribution < 1.29 is 24.1 Å². The molecule has 4 heterocycles. The molecule has 1 unspecified atom stereocenters. The molecule has 0 radical (unpaired) electrons. The molecule has 1 N–H and O–H groups in total. The molecule has 0 aliphatic rings. The Bertz CT molecular complexity index is 2570. The minimum absolute atomic E-state index is 0.0701. The highest BCUT2D eigenvalue weighted by Gasteiger charge is 2.43. The van der Waals surface area contributed by atoms with Crippen LogP contribution in [0.3, 0.4) is 0 Å². The first-order valence-electron chi connectivity index (χ1n) is 18.0. The van der Waals surface area contributed by atoms with Crippen LogP contribution in [0.4, 0.5) is 4.79 Å². The van der Waals surface area contributed by atoms with Crippen LogP contribution in [0, 0.1) is 19.8 Å². The average Bonchev–Trinajstić information content (AvgIpc) is 3.10. The molecule has 1 atom stereocenters. The van der Waals surface area contributed by atoms with Crippen LogP contribution in [0.2, 0.25) is 5.02 Å². The van der Waals surface area contributed by atoms with E-state index in [1.54, 1.807) is 62.0 Å². The van der Waals surface area contributed by atoms with E-state index in [-0.39, 0.29) is 23.6 Å². The number of methoxy groups -OCH3 is 2. The third kappa shape index (κ3) is 7.65. The first kappa shape index (κ1) is 40.8. The van der Waals surface area contributed by atoms with E-state index in [0.29, 0.717) is 50.7 Å². The van der Waals surface area contributed by atoms with E-state index in [1.165, 1.54) is 4.90 Å². The number of pyridine rings is 4. The Hall–Kier alpha value is -5.36. The van der Waals surface area contributed by atoms with Gasteiger partial charge in [0, 0.05) is 59.6 Å². The summed E-state index contributed by atoms with van der Waals surface area (Å²) in [5, 5.41) is 15.2. The van der Waals surface area contributed by atoms with Gasteiger partial charge in [-0.3, -0.25) is 24.5 Å². The van der Waals surface area contributed by atoms with Gasteiger partial charge in [-0.25, -0.2) is 4.79 Å². The molecule has 12 nitrogen and oxygen atoms in total. The van der Waals surface area contributed by atoms with Gasteiger partial charge in [0.1, 0.15) is 12.4 Å². The van der Waals surface area contributed by atoms with Gasteiger partial charge in [0.2, 0.25) is 0 Å². The Labute approximate surface area is 325 Å².